The van der Waals surface area contributed by atoms with E-state index in [2.05, 4.69) is 0 Å². The monoisotopic (exact) mass is 293 g/mol. The highest BCUT2D eigenvalue weighted by atomic mass is 16.5. The van der Waals surface area contributed by atoms with Crippen molar-refractivity contribution in [3.8, 4) is 0 Å². The zero-order chi connectivity index (χ0) is 15.0. The number of allylic oxidation sites excluding steroid dienone is 2. The van der Waals surface area contributed by atoms with Crippen LogP contribution in [0.3, 0.4) is 0 Å². The number of carboxylic acid groups (broad SMARTS) is 1. The van der Waals surface area contributed by atoms with Crippen molar-refractivity contribution in [3.63, 3.8) is 0 Å². The fourth-order valence-electron chi connectivity index (χ4n) is 4.12. The van der Waals surface area contributed by atoms with E-state index >= 15 is 0 Å². The highest BCUT2D eigenvalue weighted by Gasteiger charge is 2.52. The van der Waals surface area contributed by atoms with Gasteiger partial charge in [0.05, 0.1) is 17.9 Å². The Hall–Kier alpha value is -1.36. The van der Waals surface area contributed by atoms with Gasteiger partial charge in [-0.15, -0.1) is 0 Å². The van der Waals surface area contributed by atoms with Crippen molar-refractivity contribution >= 4 is 11.9 Å². The Kier molecular flexibility index (Phi) is 4.02. The Morgan fingerprint density at radius 3 is 2.57 bits per heavy atom. The van der Waals surface area contributed by atoms with Crippen LogP contribution in [0.4, 0.5) is 0 Å². The number of likely N-dealkylation sites (N-methyl/N-ethyl adjacent to an activating group) is 1. The van der Waals surface area contributed by atoms with Crippen molar-refractivity contribution in [1.29, 1.82) is 0 Å². The summed E-state index contributed by atoms with van der Waals surface area (Å²) in [6, 6.07) is 0. The molecule has 0 radical (unpaired) electrons. The number of carboxylic acids is 1. The van der Waals surface area contributed by atoms with Crippen molar-refractivity contribution in [2.75, 3.05) is 19.7 Å². The third-order valence-corrected chi connectivity index (χ3v) is 5.17. The quantitative estimate of drug-likeness (QED) is 0.781. The first-order valence-electron chi connectivity index (χ1n) is 7.93. The number of carbonyl (C=O) groups excluding carboxylic acids is 1. The van der Waals surface area contributed by atoms with Crippen molar-refractivity contribution in [2.24, 2.45) is 23.7 Å². The van der Waals surface area contributed by atoms with Gasteiger partial charge in [0.2, 0.25) is 5.91 Å². The van der Waals surface area contributed by atoms with Crippen LogP contribution in [-0.4, -0.2) is 47.7 Å². The molecular weight excluding hydrogens is 270 g/mol. The highest BCUT2D eigenvalue weighted by molar-refractivity contribution is 5.87. The van der Waals surface area contributed by atoms with E-state index in [-0.39, 0.29) is 29.8 Å². The summed E-state index contributed by atoms with van der Waals surface area (Å²) in [6.07, 6.45) is 6.97. The number of rotatable bonds is 5. The second kappa shape index (κ2) is 5.79. The summed E-state index contributed by atoms with van der Waals surface area (Å²) in [5.41, 5.74) is 0. The van der Waals surface area contributed by atoms with Gasteiger partial charge in [0, 0.05) is 19.7 Å². The summed E-state index contributed by atoms with van der Waals surface area (Å²) >= 11 is 0. The second-order valence-electron chi connectivity index (χ2n) is 6.35. The molecule has 3 aliphatic rings. The van der Waals surface area contributed by atoms with Gasteiger partial charge in [-0.2, -0.15) is 0 Å². The van der Waals surface area contributed by atoms with Crippen LogP contribution in [0.1, 0.15) is 26.2 Å². The summed E-state index contributed by atoms with van der Waals surface area (Å²) in [5, 5.41) is 9.46. The number of fused-ring (bicyclic) bond motifs is 2. The lowest BCUT2D eigenvalue weighted by atomic mass is 9.82. The second-order valence-corrected chi connectivity index (χ2v) is 6.35. The molecule has 5 nitrogen and oxygen atoms in total. The van der Waals surface area contributed by atoms with Gasteiger partial charge in [-0.25, -0.2) is 0 Å². The topological polar surface area (TPSA) is 66.8 Å². The molecule has 0 spiro atoms. The lowest BCUT2D eigenvalue weighted by Crippen LogP contribution is -2.45. The van der Waals surface area contributed by atoms with E-state index in [1.807, 2.05) is 19.1 Å². The number of nitrogens with zero attached hydrogens (tertiary/aromatic N) is 1. The maximum atomic E-state index is 12.8. The zero-order valence-corrected chi connectivity index (χ0v) is 12.4. The van der Waals surface area contributed by atoms with Gasteiger partial charge in [0.15, 0.2) is 0 Å². The number of ether oxygens (including phenoxy) is 1. The molecule has 0 aromatic heterocycles. The molecule has 0 aromatic carbocycles. The first kappa shape index (κ1) is 14.6. The molecule has 1 amide bonds. The van der Waals surface area contributed by atoms with Gasteiger partial charge in [-0.05, 0) is 38.0 Å². The summed E-state index contributed by atoms with van der Waals surface area (Å²) in [7, 11) is 0. The normalized spacial score (nSPS) is 37.1. The van der Waals surface area contributed by atoms with Crippen LogP contribution in [0, 0.1) is 23.7 Å². The van der Waals surface area contributed by atoms with Crippen LogP contribution in [0.2, 0.25) is 0 Å². The average Bonchev–Trinajstić information content (AvgIpc) is 3.19. The van der Waals surface area contributed by atoms with Crippen molar-refractivity contribution < 1.29 is 19.4 Å². The number of hydrogen-bond donors (Lipinski definition) is 1. The molecule has 1 saturated carbocycles. The number of amides is 1. The molecule has 21 heavy (non-hydrogen) atoms. The maximum absolute atomic E-state index is 12.8. The largest absolute Gasteiger partial charge is 0.481 e. The molecule has 5 heteroatoms. The predicted molar refractivity (Wildman–Crippen MR) is 76.6 cm³/mol. The molecule has 2 fully saturated rings. The molecule has 5 unspecified atom stereocenters. The number of hydrogen-bond acceptors (Lipinski definition) is 3. The molecule has 1 heterocycles. The van der Waals surface area contributed by atoms with Crippen molar-refractivity contribution in [2.45, 2.75) is 32.3 Å². The number of aliphatic carboxylic acids is 1. The zero-order valence-electron chi connectivity index (χ0n) is 12.4. The SMILES string of the molecule is CCN(CC1CCCO1)C(=O)C1C2C=CC(C2)C1C(=O)O. The molecule has 1 N–H and O–H groups in total. The summed E-state index contributed by atoms with van der Waals surface area (Å²) < 4.78 is 5.61. The van der Waals surface area contributed by atoms with Gasteiger partial charge >= 0.3 is 5.97 Å². The summed E-state index contributed by atoms with van der Waals surface area (Å²) in [4.78, 5) is 26.2. The molecule has 0 aromatic rings. The minimum Gasteiger partial charge on any atom is -0.481 e. The maximum Gasteiger partial charge on any atom is 0.307 e. The molecule has 2 aliphatic carbocycles. The van der Waals surface area contributed by atoms with Crippen LogP contribution in [0.25, 0.3) is 0 Å². The van der Waals surface area contributed by atoms with Gasteiger partial charge in [0.25, 0.3) is 0 Å². The predicted octanol–water partition coefficient (Wildman–Crippen LogP) is 1.54. The first-order valence-corrected chi connectivity index (χ1v) is 7.93. The first-order chi connectivity index (χ1) is 10.1. The lowest BCUT2D eigenvalue weighted by molar-refractivity contribution is -0.151. The third kappa shape index (κ3) is 2.59. The Bertz CT molecular complexity index is 455. The molecular formula is C16H23NO4. The highest BCUT2D eigenvalue weighted by Crippen LogP contribution is 2.48. The van der Waals surface area contributed by atoms with Gasteiger partial charge in [-0.3, -0.25) is 9.59 Å². The van der Waals surface area contributed by atoms with Crippen LogP contribution >= 0.6 is 0 Å². The molecule has 3 rings (SSSR count). The third-order valence-electron chi connectivity index (χ3n) is 5.17. The molecule has 116 valence electrons. The molecule has 5 atom stereocenters. The van der Waals surface area contributed by atoms with E-state index in [0.29, 0.717) is 13.1 Å². The Labute approximate surface area is 124 Å². The van der Waals surface area contributed by atoms with E-state index in [0.717, 1.165) is 25.9 Å². The Morgan fingerprint density at radius 1 is 1.29 bits per heavy atom. The Morgan fingerprint density at radius 2 is 2.00 bits per heavy atom. The average molecular weight is 293 g/mol. The van der Waals surface area contributed by atoms with E-state index in [9.17, 15) is 14.7 Å². The van der Waals surface area contributed by atoms with Crippen LogP contribution < -0.4 is 0 Å². The van der Waals surface area contributed by atoms with Gasteiger partial charge in [-0.1, -0.05) is 12.2 Å². The van der Waals surface area contributed by atoms with E-state index in [1.165, 1.54) is 0 Å². The summed E-state index contributed by atoms with van der Waals surface area (Å²) in [6.45, 7) is 3.93. The van der Waals surface area contributed by atoms with E-state index in [4.69, 9.17) is 4.74 Å². The molecule has 1 aliphatic heterocycles. The van der Waals surface area contributed by atoms with E-state index < -0.39 is 11.9 Å². The van der Waals surface area contributed by atoms with Crippen molar-refractivity contribution in [1.82, 2.24) is 4.90 Å². The lowest BCUT2D eigenvalue weighted by Gasteiger charge is -2.31. The fourth-order valence-corrected chi connectivity index (χ4v) is 4.12. The fraction of sp³-hybridized carbons (Fsp3) is 0.750. The van der Waals surface area contributed by atoms with Crippen molar-refractivity contribution in [3.05, 3.63) is 12.2 Å². The van der Waals surface area contributed by atoms with Gasteiger partial charge < -0.3 is 14.7 Å². The smallest absolute Gasteiger partial charge is 0.307 e. The van der Waals surface area contributed by atoms with Crippen LogP contribution in [0.15, 0.2) is 12.2 Å². The van der Waals surface area contributed by atoms with Gasteiger partial charge in [0.1, 0.15) is 0 Å². The minimum absolute atomic E-state index is 0.00255. The van der Waals surface area contributed by atoms with Crippen LogP contribution in [0.5, 0.6) is 0 Å². The number of carbonyl (C=O) groups is 2. The van der Waals surface area contributed by atoms with E-state index in [1.54, 1.807) is 4.90 Å². The summed E-state index contributed by atoms with van der Waals surface area (Å²) in [5.74, 6) is -1.65. The molecule has 2 bridgehead atoms. The van der Waals surface area contributed by atoms with Crippen LogP contribution in [-0.2, 0) is 14.3 Å². The standard InChI is InChI=1S/C16H23NO4/c1-2-17(9-12-4-3-7-21-12)15(18)13-10-5-6-11(8-10)14(13)16(19)20/h5-6,10-14H,2-4,7-9H2,1H3,(H,19,20). The Balaban J connectivity index is 1.72. The minimum atomic E-state index is -0.835. The molecule has 1 saturated heterocycles.